The van der Waals surface area contributed by atoms with Crippen LogP contribution in [0.5, 0.6) is 0 Å². The first-order valence-corrected chi connectivity index (χ1v) is 10.7. The highest BCUT2D eigenvalue weighted by molar-refractivity contribution is 7.91. The summed E-state index contributed by atoms with van der Waals surface area (Å²) in [6, 6.07) is 17.4. The van der Waals surface area contributed by atoms with Gasteiger partial charge >= 0.3 is 0 Å². The minimum Gasteiger partial charge on any atom is -0.350 e. The smallest absolute Gasteiger partial charge is 0.225 e. The molecule has 0 amide bonds. The summed E-state index contributed by atoms with van der Waals surface area (Å²) in [7, 11) is -3.03. The standard InChI is InChI=1S/C20H19FN4O2S/c21-16-8-4-5-9-17(16)23-19-12-18(14-6-2-1-3-7-14)24-20(25-19)22-15-10-11-28(26,27)13-15/h1-9,12,15H,10-11,13H2,(H2,22,23,24,25). The second-order valence-electron chi connectivity index (χ2n) is 6.68. The quantitative estimate of drug-likeness (QED) is 0.683. The number of hydrogen-bond acceptors (Lipinski definition) is 6. The number of para-hydroxylation sites is 1. The number of rotatable bonds is 5. The first kappa shape index (κ1) is 18.4. The summed E-state index contributed by atoms with van der Waals surface area (Å²) in [5.74, 6) is 0.550. The van der Waals surface area contributed by atoms with Crippen molar-refractivity contribution in [2.24, 2.45) is 0 Å². The number of nitrogens with zero attached hydrogens (tertiary/aromatic N) is 2. The summed E-state index contributed by atoms with van der Waals surface area (Å²) in [6.45, 7) is 0. The van der Waals surface area contributed by atoms with Crippen molar-refractivity contribution < 1.29 is 12.8 Å². The molecule has 0 saturated carbocycles. The lowest BCUT2D eigenvalue weighted by Crippen LogP contribution is -2.22. The fourth-order valence-electron chi connectivity index (χ4n) is 3.12. The molecular weight excluding hydrogens is 379 g/mol. The summed E-state index contributed by atoms with van der Waals surface area (Å²) in [5.41, 5.74) is 1.83. The molecule has 1 saturated heterocycles. The van der Waals surface area contributed by atoms with Crippen molar-refractivity contribution in [2.45, 2.75) is 12.5 Å². The summed E-state index contributed by atoms with van der Waals surface area (Å²) < 4.78 is 37.5. The lowest BCUT2D eigenvalue weighted by Gasteiger charge is -2.14. The van der Waals surface area contributed by atoms with Crippen molar-refractivity contribution >= 4 is 27.3 Å². The topological polar surface area (TPSA) is 84.0 Å². The van der Waals surface area contributed by atoms with Crippen LogP contribution in [-0.2, 0) is 9.84 Å². The highest BCUT2D eigenvalue weighted by Crippen LogP contribution is 2.25. The van der Waals surface area contributed by atoms with Gasteiger partial charge < -0.3 is 10.6 Å². The number of hydrogen-bond donors (Lipinski definition) is 2. The van der Waals surface area contributed by atoms with Crippen LogP contribution in [0.1, 0.15) is 6.42 Å². The van der Waals surface area contributed by atoms with E-state index < -0.39 is 15.7 Å². The van der Waals surface area contributed by atoms with Gasteiger partial charge in [-0.15, -0.1) is 0 Å². The Morgan fingerprint density at radius 2 is 1.75 bits per heavy atom. The van der Waals surface area contributed by atoms with Crippen LogP contribution in [0.25, 0.3) is 11.3 Å². The Bertz CT molecular complexity index is 1090. The molecule has 0 bridgehead atoms. The molecule has 0 spiro atoms. The van der Waals surface area contributed by atoms with Crippen molar-refractivity contribution in [1.29, 1.82) is 0 Å². The van der Waals surface area contributed by atoms with E-state index in [2.05, 4.69) is 20.6 Å². The zero-order chi connectivity index (χ0) is 19.6. The van der Waals surface area contributed by atoms with Crippen LogP contribution in [0.15, 0.2) is 60.7 Å². The van der Waals surface area contributed by atoms with Gasteiger partial charge in [-0.3, -0.25) is 0 Å². The molecule has 0 aliphatic carbocycles. The van der Waals surface area contributed by atoms with Gasteiger partial charge in [-0.2, -0.15) is 4.98 Å². The Morgan fingerprint density at radius 3 is 2.46 bits per heavy atom. The van der Waals surface area contributed by atoms with Gasteiger partial charge in [0.25, 0.3) is 0 Å². The van der Waals surface area contributed by atoms with Crippen molar-refractivity contribution in [3.05, 3.63) is 66.5 Å². The number of nitrogens with one attached hydrogen (secondary N) is 2. The molecule has 1 aliphatic heterocycles. The third-order valence-corrected chi connectivity index (χ3v) is 6.27. The van der Waals surface area contributed by atoms with E-state index in [0.717, 1.165) is 5.56 Å². The third-order valence-electron chi connectivity index (χ3n) is 4.50. The van der Waals surface area contributed by atoms with Crippen LogP contribution in [0.4, 0.5) is 21.8 Å². The van der Waals surface area contributed by atoms with E-state index in [1.165, 1.54) is 6.07 Å². The van der Waals surface area contributed by atoms with Gasteiger partial charge in [0, 0.05) is 17.7 Å². The van der Waals surface area contributed by atoms with Crippen molar-refractivity contribution in [2.75, 3.05) is 22.1 Å². The Kier molecular flexibility index (Phi) is 4.95. The number of benzene rings is 2. The number of anilines is 3. The molecule has 3 aromatic rings. The SMILES string of the molecule is O=S1(=O)CCC(Nc2nc(Nc3ccccc3F)cc(-c3ccccc3)n2)C1. The van der Waals surface area contributed by atoms with Gasteiger partial charge in [0.15, 0.2) is 9.84 Å². The zero-order valence-electron chi connectivity index (χ0n) is 15.0. The monoisotopic (exact) mass is 398 g/mol. The molecule has 4 rings (SSSR count). The molecule has 1 atom stereocenters. The van der Waals surface area contributed by atoms with E-state index >= 15 is 0 Å². The molecule has 2 aromatic carbocycles. The largest absolute Gasteiger partial charge is 0.350 e. The first-order chi connectivity index (χ1) is 13.5. The van der Waals surface area contributed by atoms with Gasteiger partial charge in [0.05, 0.1) is 22.9 Å². The predicted molar refractivity (Wildman–Crippen MR) is 108 cm³/mol. The lowest BCUT2D eigenvalue weighted by atomic mass is 10.1. The zero-order valence-corrected chi connectivity index (χ0v) is 15.8. The summed E-state index contributed by atoms with van der Waals surface area (Å²) in [5, 5.41) is 6.09. The van der Waals surface area contributed by atoms with Crippen LogP contribution >= 0.6 is 0 Å². The van der Waals surface area contributed by atoms with Crippen molar-refractivity contribution in [3.8, 4) is 11.3 Å². The van der Waals surface area contributed by atoms with Gasteiger partial charge in [0.2, 0.25) is 5.95 Å². The molecule has 2 N–H and O–H groups in total. The summed E-state index contributed by atoms with van der Waals surface area (Å²) >= 11 is 0. The number of sulfone groups is 1. The average molecular weight is 398 g/mol. The van der Waals surface area contributed by atoms with E-state index in [4.69, 9.17) is 0 Å². The minimum atomic E-state index is -3.03. The highest BCUT2D eigenvalue weighted by Gasteiger charge is 2.28. The average Bonchev–Trinajstić information content (AvgIpc) is 3.02. The third kappa shape index (κ3) is 4.28. The van der Waals surface area contributed by atoms with E-state index in [0.29, 0.717) is 29.6 Å². The molecule has 1 aliphatic rings. The minimum absolute atomic E-state index is 0.0575. The Labute approximate surface area is 162 Å². The normalized spacial score (nSPS) is 18.0. The van der Waals surface area contributed by atoms with Crippen molar-refractivity contribution in [3.63, 3.8) is 0 Å². The molecule has 1 unspecified atom stereocenters. The molecule has 6 nitrogen and oxygen atoms in total. The van der Waals surface area contributed by atoms with Gasteiger partial charge in [0.1, 0.15) is 11.6 Å². The van der Waals surface area contributed by atoms with Crippen LogP contribution in [0.3, 0.4) is 0 Å². The first-order valence-electron chi connectivity index (χ1n) is 8.91. The molecule has 2 heterocycles. The Morgan fingerprint density at radius 1 is 1.00 bits per heavy atom. The second kappa shape index (κ2) is 7.55. The van der Waals surface area contributed by atoms with E-state index in [-0.39, 0.29) is 17.5 Å². The molecule has 0 radical (unpaired) electrons. The summed E-state index contributed by atoms with van der Waals surface area (Å²) in [6.07, 6.45) is 0.511. The number of halogens is 1. The molecule has 8 heteroatoms. The van der Waals surface area contributed by atoms with E-state index in [9.17, 15) is 12.8 Å². The highest BCUT2D eigenvalue weighted by atomic mass is 32.2. The number of aromatic nitrogens is 2. The maximum absolute atomic E-state index is 14.0. The van der Waals surface area contributed by atoms with E-state index in [1.807, 2.05) is 30.3 Å². The summed E-state index contributed by atoms with van der Waals surface area (Å²) in [4.78, 5) is 8.94. The predicted octanol–water partition coefficient (Wildman–Crippen LogP) is 3.63. The fraction of sp³-hybridized carbons (Fsp3) is 0.200. The van der Waals surface area contributed by atoms with E-state index in [1.54, 1.807) is 24.3 Å². The second-order valence-corrected chi connectivity index (χ2v) is 8.91. The molecule has 1 aromatic heterocycles. The fourth-order valence-corrected chi connectivity index (χ4v) is 4.80. The molecule has 144 valence electrons. The van der Waals surface area contributed by atoms with Gasteiger partial charge in [-0.25, -0.2) is 17.8 Å². The Balaban J connectivity index is 1.68. The van der Waals surface area contributed by atoms with Crippen LogP contribution in [-0.4, -0.2) is 35.9 Å². The van der Waals surface area contributed by atoms with Gasteiger partial charge in [-0.1, -0.05) is 42.5 Å². The lowest BCUT2D eigenvalue weighted by molar-refractivity contribution is 0.602. The van der Waals surface area contributed by atoms with Crippen LogP contribution in [0.2, 0.25) is 0 Å². The van der Waals surface area contributed by atoms with Crippen LogP contribution < -0.4 is 10.6 Å². The molecular formula is C20H19FN4O2S. The maximum Gasteiger partial charge on any atom is 0.225 e. The van der Waals surface area contributed by atoms with Gasteiger partial charge in [-0.05, 0) is 18.6 Å². The molecule has 1 fully saturated rings. The Hall–Kier alpha value is -3.00. The maximum atomic E-state index is 14.0. The van der Waals surface area contributed by atoms with Crippen molar-refractivity contribution in [1.82, 2.24) is 9.97 Å². The van der Waals surface area contributed by atoms with Crippen LogP contribution in [0, 0.1) is 5.82 Å². The molecule has 28 heavy (non-hydrogen) atoms.